The fourth-order valence-electron chi connectivity index (χ4n) is 2.21. The van der Waals surface area contributed by atoms with Gasteiger partial charge in [0.1, 0.15) is 11.5 Å². The number of Topliss-reactive ketones (excluding diaryl/α,β-unsaturated/α-hetero) is 1. The molecule has 2 aromatic heterocycles. The average Bonchev–Trinajstić information content (AvgIpc) is 3.15. The molecule has 0 saturated heterocycles. The normalized spacial score (nSPS) is 10.6. The number of imidazole rings is 1. The quantitative estimate of drug-likeness (QED) is 0.737. The van der Waals surface area contributed by atoms with E-state index in [9.17, 15) is 14.0 Å². The molecule has 0 aliphatic heterocycles. The standard InChI is InChI=1S/C16H13FN4O2S/c1-9-14(10(2)22)24-16(19-9)20-15(23)13-7-18-8-21(13)12-5-3-11(17)4-6-12/h3-8H,1-2H3,(H,19,20,23). The number of hydrogen-bond acceptors (Lipinski definition) is 5. The van der Waals surface area contributed by atoms with Gasteiger partial charge in [-0.2, -0.15) is 0 Å². The molecular weight excluding hydrogens is 331 g/mol. The Balaban J connectivity index is 1.86. The van der Waals surface area contributed by atoms with Crippen molar-refractivity contribution in [3.05, 3.63) is 58.9 Å². The second-order valence-electron chi connectivity index (χ2n) is 5.07. The van der Waals surface area contributed by atoms with Crippen LogP contribution in [0.1, 0.15) is 32.8 Å². The van der Waals surface area contributed by atoms with Gasteiger partial charge in [-0.15, -0.1) is 0 Å². The third kappa shape index (κ3) is 3.09. The van der Waals surface area contributed by atoms with Crippen molar-refractivity contribution >= 4 is 28.2 Å². The third-order valence-corrected chi connectivity index (χ3v) is 4.49. The van der Waals surface area contributed by atoms with Crippen molar-refractivity contribution in [2.75, 3.05) is 5.32 Å². The predicted octanol–water partition coefficient (Wildman–Crippen LogP) is 3.23. The molecule has 0 aliphatic carbocycles. The summed E-state index contributed by atoms with van der Waals surface area (Å²) < 4.78 is 14.6. The van der Waals surface area contributed by atoms with Crippen LogP contribution in [-0.4, -0.2) is 26.2 Å². The van der Waals surface area contributed by atoms with Crippen LogP contribution in [-0.2, 0) is 0 Å². The highest BCUT2D eigenvalue weighted by Gasteiger charge is 2.17. The van der Waals surface area contributed by atoms with Gasteiger partial charge < -0.3 is 0 Å². The number of aryl methyl sites for hydroxylation is 1. The molecule has 1 amide bonds. The Kier molecular flexibility index (Phi) is 4.22. The Bertz CT molecular complexity index is 915. The lowest BCUT2D eigenvalue weighted by molar-refractivity contribution is 0.101. The summed E-state index contributed by atoms with van der Waals surface area (Å²) in [7, 11) is 0. The van der Waals surface area contributed by atoms with Gasteiger partial charge in [0, 0.05) is 12.6 Å². The Hall–Kier alpha value is -2.87. The van der Waals surface area contributed by atoms with E-state index < -0.39 is 5.91 Å². The molecule has 3 rings (SSSR count). The van der Waals surface area contributed by atoms with Gasteiger partial charge >= 0.3 is 0 Å². The van der Waals surface area contributed by atoms with Gasteiger partial charge in [0.2, 0.25) is 0 Å². The topological polar surface area (TPSA) is 76.9 Å². The van der Waals surface area contributed by atoms with Gasteiger partial charge in [0.25, 0.3) is 5.91 Å². The summed E-state index contributed by atoms with van der Waals surface area (Å²) in [5, 5.41) is 3.01. The zero-order valence-corrected chi connectivity index (χ0v) is 13.7. The molecule has 1 aromatic carbocycles. The summed E-state index contributed by atoms with van der Waals surface area (Å²) in [4.78, 5) is 32.6. The van der Waals surface area contributed by atoms with Crippen LogP contribution in [0.2, 0.25) is 0 Å². The number of nitrogens with zero attached hydrogens (tertiary/aromatic N) is 3. The molecule has 0 bridgehead atoms. The Morgan fingerprint density at radius 3 is 2.58 bits per heavy atom. The number of ketones is 1. The van der Waals surface area contributed by atoms with Gasteiger partial charge in [-0.25, -0.2) is 14.4 Å². The smallest absolute Gasteiger partial charge is 0.276 e. The fraction of sp³-hybridized carbons (Fsp3) is 0.125. The first-order valence-corrected chi connectivity index (χ1v) is 7.85. The number of nitrogens with one attached hydrogen (secondary N) is 1. The second kappa shape index (κ2) is 6.32. The highest BCUT2D eigenvalue weighted by Crippen LogP contribution is 2.23. The lowest BCUT2D eigenvalue weighted by Crippen LogP contribution is -2.16. The minimum absolute atomic E-state index is 0.0955. The number of carbonyl (C=O) groups is 2. The predicted molar refractivity (Wildman–Crippen MR) is 88.3 cm³/mol. The van der Waals surface area contributed by atoms with Crippen LogP contribution < -0.4 is 5.32 Å². The number of thiazole rings is 1. The van der Waals surface area contributed by atoms with Crippen molar-refractivity contribution in [1.82, 2.24) is 14.5 Å². The number of anilines is 1. The van der Waals surface area contributed by atoms with E-state index in [1.807, 2.05) is 0 Å². The Morgan fingerprint density at radius 1 is 1.25 bits per heavy atom. The van der Waals surface area contributed by atoms with Crippen molar-refractivity contribution in [1.29, 1.82) is 0 Å². The maximum atomic E-state index is 13.0. The highest BCUT2D eigenvalue weighted by atomic mass is 32.1. The Labute approximate surface area is 141 Å². The van der Waals surface area contributed by atoms with E-state index in [-0.39, 0.29) is 17.3 Å². The minimum Gasteiger partial charge on any atom is -0.296 e. The summed E-state index contributed by atoms with van der Waals surface area (Å²) in [6, 6.07) is 5.71. The third-order valence-electron chi connectivity index (χ3n) is 3.31. The van der Waals surface area contributed by atoms with Crippen molar-refractivity contribution in [3.8, 4) is 5.69 Å². The molecule has 0 aliphatic rings. The SMILES string of the molecule is CC(=O)c1sc(NC(=O)c2cncn2-c2ccc(F)cc2)nc1C. The van der Waals surface area contributed by atoms with Crippen LogP contribution >= 0.6 is 11.3 Å². The van der Waals surface area contributed by atoms with Crippen LogP contribution in [0.4, 0.5) is 9.52 Å². The van der Waals surface area contributed by atoms with E-state index >= 15 is 0 Å². The van der Waals surface area contributed by atoms with Crippen LogP contribution in [0, 0.1) is 12.7 Å². The molecule has 1 N–H and O–H groups in total. The van der Waals surface area contributed by atoms with Crippen molar-refractivity contribution in [2.24, 2.45) is 0 Å². The van der Waals surface area contributed by atoms with Gasteiger partial charge in [0.05, 0.1) is 23.1 Å². The Morgan fingerprint density at radius 2 is 1.96 bits per heavy atom. The van der Waals surface area contributed by atoms with Crippen molar-refractivity contribution < 1.29 is 14.0 Å². The van der Waals surface area contributed by atoms with Crippen LogP contribution in [0.15, 0.2) is 36.8 Å². The average molecular weight is 344 g/mol. The monoisotopic (exact) mass is 344 g/mol. The second-order valence-corrected chi connectivity index (χ2v) is 6.07. The lowest BCUT2D eigenvalue weighted by atomic mass is 10.3. The first-order valence-electron chi connectivity index (χ1n) is 7.03. The number of amides is 1. The van der Waals surface area contributed by atoms with E-state index in [4.69, 9.17) is 0 Å². The first kappa shape index (κ1) is 16.0. The molecule has 24 heavy (non-hydrogen) atoms. The summed E-state index contributed by atoms with van der Waals surface area (Å²) in [6.45, 7) is 3.17. The highest BCUT2D eigenvalue weighted by molar-refractivity contribution is 7.17. The summed E-state index contributed by atoms with van der Waals surface area (Å²) in [5.41, 5.74) is 1.47. The zero-order valence-electron chi connectivity index (χ0n) is 12.9. The number of carbonyl (C=O) groups excluding carboxylic acids is 2. The summed E-state index contributed by atoms with van der Waals surface area (Å²) in [5.74, 6) is -0.873. The van der Waals surface area contributed by atoms with Crippen molar-refractivity contribution in [3.63, 3.8) is 0 Å². The number of rotatable bonds is 4. The molecule has 0 spiro atoms. The van der Waals surface area contributed by atoms with E-state index in [1.54, 1.807) is 23.6 Å². The molecular formula is C16H13FN4O2S. The zero-order chi connectivity index (χ0) is 17.3. The number of halogens is 1. The maximum absolute atomic E-state index is 13.0. The van der Waals surface area contributed by atoms with Gasteiger partial charge in [0.15, 0.2) is 10.9 Å². The van der Waals surface area contributed by atoms with Crippen LogP contribution in [0.25, 0.3) is 5.69 Å². The van der Waals surface area contributed by atoms with Crippen LogP contribution in [0.5, 0.6) is 0 Å². The van der Waals surface area contributed by atoms with E-state index in [2.05, 4.69) is 15.3 Å². The van der Waals surface area contributed by atoms with Crippen molar-refractivity contribution in [2.45, 2.75) is 13.8 Å². The minimum atomic E-state index is -0.416. The number of hydrogen-bond donors (Lipinski definition) is 1. The number of benzene rings is 1. The molecule has 0 unspecified atom stereocenters. The molecule has 0 saturated carbocycles. The maximum Gasteiger partial charge on any atom is 0.276 e. The molecule has 6 nitrogen and oxygen atoms in total. The van der Waals surface area contributed by atoms with Gasteiger partial charge in [-0.05, 0) is 31.2 Å². The van der Waals surface area contributed by atoms with E-state index in [1.165, 1.54) is 31.6 Å². The molecule has 0 radical (unpaired) electrons. The van der Waals surface area contributed by atoms with Crippen LogP contribution in [0.3, 0.4) is 0 Å². The molecule has 0 fully saturated rings. The lowest BCUT2D eigenvalue weighted by Gasteiger charge is -2.07. The molecule has 0 atom stereocenters. The van der Waals surface area contributed by atoms with E-state index in [0.29, 0.717) is 21.4 Å². The summed E-state index contributed by atoms with van der Waals surface area (Å²) >= 11 is 1.12. The molecule has 122 valence electrons. The van der Waals surface area contributed by atoms with Gasteiger partial charge in [-0.1, -0.05) is 11.3 Å². The summed E-state index contributed by atoms with van der Waals surface area (Å²) in [6.07, 6.45) is 2.88. The molecule has 8 heteroatoms. The molecule has 2 heterocycles. The fourth-order valence-corrected chi connectivity index (χ4v) is 3.06. The molecule has 3 aromatic rings. The first-order chi connectivity index (χ1) is 11.5. The largest absolute Gasteiger partial charge is 0.296 e. The number of aromatic nitrogens is 3. The van der Waals surface area contributed by atoms with Gasteiger partial charge in [-0.3, -0.25) is 19.5 Å². The van der Waals surface area contributed by atoms with E-state index in [0.717, 1.165) is 11.3 Å².